The molecule has 1 aliphatic rings. The molecule has 1 unspecified atom stereocenters. The SMILES string of the molecule is Cc1cc(C)nc(C2CCCCC2=O)n1. The van der Waals surface area contributed by atoms with Gasteiger partial charge in [-0.05, 0) is 32.8 Å². The summed E-state index contributed by atoms with van der Waals surface area (Å²) >= 11 is 0. The van der Waals surface area contributed by atoms with Crippen LogP contribution in [-0.2, 0) is 4.79 Å². The highest BCUT2D eigenvalue weighted by Gasteiger charge is 2.26. The molecular formula is C12H16N2O. The first-order valence-electron chi connectivity index (χ1n) is 5.52. The zero-order valence-electron chi connectivity index (χ0n) is 9.29. The highest BCUT2D eigenvalue weighted by Crippen LogP contribution is 2.27. The van der Waals surface area contributed by atoms with Crippen molar-refractivity contribution in [3.63, 3.8) is 0 Å². The Morgan fingerprint density at radius 3 is 2.47 bits per heavy atom. The van der Waals surface area contributed by atoms with Crippen LogP contribution in [0.3, 0.4) is 0 Å². The highest BCUT2D eigenvalue weighted by atomic mass is 16.1. The normalized spacial score (nSPS) is 21.7. The van der Waals surface area contributed by atoms with Crippen LogP contribution in [0, 0.1) is 13.8 Å². The average molecular weight is 204 g/mol. The van der Waals surface area contributed by atoms with Crippen molar-refractivity contribution in [1.82, 2.24) is 9.97 Å². The van der Waals surface area contributed by atoms with E-state index in [4.69, 9.17) is 0 Å². The number of hydrogen-bond acceptors (Lipinski definition) is 3. The molecule has 0 bridgehead atoms. The minimum Gasteiger partial charge on any atom is -0.299 e. The van der Waals surface area contributed by atoms with Gasteiger partial charge in [0, 0.05) is 17.8 Å². The Morgan fingerprint density at radius 1 is 1.20 bits per heavy atom. The number of ketones is 1. The van der Waals surface area contributed by atoms with Crippen molar-refractivity contribution in [3.8, 4) is 0 Å². The monoisotopic (exact) mass is 204 g/mol. The number of hydrogen-bond donors (Lipinski definition) is 0. The number of carbonyl (C=O) groups is 1. The molecule has 1 saturated carbocycles. The molecule has 0 N–H and O–H groups in total. The minimum atomic E-state index is -0.0441. The van der Waals surface area contributed by atoms with Crippen LogP contribution >= 0.6 is 0 Å². The van der Waals surface area contributed by atoms with E-state index >= 15 is 0 Å². The van der Waals surface area contributed by atoms with E-state index in [1.54, 1.807) is 0 Å². The Morgan fingerprint density at radius 2 is 1.87 bits per heavy atom. The molecule has 0 spiro atoms. The fraction of sp³-hybridized carbons (Fsp3) is 0.583. The van der Waals surface area contributed by atoms with Crippen molar-refractivity contribution in [2.75, 3.05) is 0 Å². The van der Waals surface area contributed by atoms with Crippen molar-refractivity contribution in [2.45, 2.75) is 45.4 Å². The van der Waals surface area contributed by atoms with Crippen molar-refractivity contribution >= 4 is 5.78 Å². The second-order valence-corrected chi connectivity index (χ2v) is 4.27. The lowest BCUT2D eigenvalue weighted by atomic mass is 9.87. The van der Waals surface area contributed by atoms with Crippen LogP contribution in [-0.4, -0.2) is 15.8 Å². The third kappa shape index (κ3) is 2.22. The molecule has 80 valence electrons. The molecule has 3 nitrogen and oxygen atoms in total. The topological polar surface area (TPSA) is 42.9 Å². The number of aryl methyl sites for hydroxylation is 2. The van der Waals surface area contributed by atoms with Gasteiger partial charge in [0.25, 0.3) is 0 Å². The molecule has 2 rings (SSSR count). The van der Waals surface area contributed by atoms with Crippen LogP contribution in [0.4, 0.5) is 0 Å². The predicted molar refractivity (Wildman–Crippen MR) is 57.7 cm³/mol. The van der Waals surface area contributed by atoms with Gasteiger partial charge in [0.1, 0.15) is 11.6 Å². The van der Waals surface area contributed by atoms with E-state index in [0.717, 1.165) is 36.5 Å². The average Bonchev–Trinajstić information content (AvgIpc) is 2.16. The van der Waals surface area contributed by atoms with Crippen molar-refractivity contribution < 1.29 is 4.79 Å². The third-order valence-electron chi connectivity index (χ3n) is 2.87. The summed E-state index contributed by atoms with van der Waals surface area (Å²) in [6.07, 6.45) is 3.76. The molecule has 1 atom stereocenters. The van der Waals surface area contributed by atoms with Gasteiger partial charge >= 0.3 is 0 Å². The molecule has 15 heavy (non-hydrogen) atoms. The van der Waals surface area contributed by atoms with Gasteiger partial charge in [-0.3, -0.25) is 4.79 Å². The summed E-state index contributed by atoms with van der Waals surface area (Å²) in [5.74, 6) is 1.00. The minimum absolute atomic E-state index is 0.0441. The predicted octanol–water partition coefficient (Wildman–Crippen LogP) is 2.32. The van der Waals surface area contributed by atoms with Crippen LogP contribution in [0.2, 0.25) is 0 Å². The van der Waals surface area contributed by atoms with E-state index in [9.17, 15) is 4.79 Å². The van der Waals surface area contributed by atoms with Gasteiger partial charge in [0.2, 0.25) is 0 Å². The van der Waals surface area contributed by atoms with E-state index in [1.807, 2.05) is 19.9 Å². The number of aromatic nitrogens is 2. The Bertz CT molecular complexity index is 367. The van der Waals surface area contributed by atoms with Gasteiger partial charge in [-0.1, -0.05) is 6.42 Å². The molecule has 1 aromatic heterocycles. The fourth-order valence-corrected chi connectivity index (χ4v) is 2.17. The molecule has 3 heteroatoms. The molecule has 1 fully saturated rings. The Hall–Kier alpha value is -1.25. The number of nitrogens with zero attached hydrogens (tertiary/aromatic N) is 2. The number of Topliss-reactive ketones (excluding diaryl/α,β-unsaturated/α-hetero) is 1. The molecule has 0 saturated heterocycles. The fourth-order valence-electron chi connectivity index (χ4n) is 2.17. The quantitative estimate of drug-likeness (QED) is 0.705. The molecule has 1 heterocycles. The maximum Gasteiger partial charge on any atom is 0.143 e. The van der Waals surface area contributed by atoms with Crippen LogP contribution in [0.15, 0.2) is 6.07 Å². The van der Waals surface area contributed by atoms with Gasteiger partial charge < -0.3 is 0 Å². The highest BCUT2D eigenvalue weighted by molar-refractivity contribution is 5.85. The lowest BCUT2D eigenvalue weighted by molar-refractivity contribution is -0.122. The molecule has 0 aromatic carbocycles. The van der Waals surface area contributed by atoms with Crippen molar-refractivity contribution in [1.29, 1.82) is 0 Å². The van der Waals surface area contributed by atoms with Gasteiger partial charge in [-0.25, -0.2) is 9.97 Å². The summed E-state index contributed by atoms with van der Waals surface area (Å²) in [5.41, 5.74) is 1.91. The summed E-state index contributed by atoms with van der Waals surface area (Å²) in [4.78, 5) is 20.5. The molecule has 1 aliphatic carbocycles. The molecule has 0 aliphatic heterocycles. The standard InChI is InChI=1S/C12H16N2O/c1-8-7-9(2)14-12(13-8)10-5-3-4-6-11(10)15/h7,10H,3-6H2,1-2H3. The van der Waals surface area contributed by atoms with Crippen LogP contribution in [0.25, 0.3) is 0 Å². The van der Waals surface area contributed by atoms with E-state index in [-0.39, 0.29) is 5.92 Å². The maximum atomic E-state index is 11.7. The summed E-state index contributed by atoms with van der Waals surface area (Å²) < 4.78 is 0. The first kappa shape index (κ1) is 10.3. The largest absolute Gasteiger partial charge is 0.299 e. The number of rotatable bonds is 1. The van der Waals surface area contributed by atoms with E-state index < -0.39 is 0 Å². The molecule has 0 radical (unpaired) electrons. The van der Waals surface area contributed by atoms with Gasteiger partial charge in [-0.2, -0.15) is 0 Å². The number of carbonyl (C=O) groups excluding carboxylic acids is 1. The lowest BCUT2D eigenvalue weighted by Crippen LogP contribution is -2.20. The summed E-state index contributed by atoms with van der Waals surface area (Å²) in [6, 6.07) is 1.94. The Balaban J connectivity index is 2.31. The smallest absolute Gasteiger partial charge is 0.143 e. The maximum absolute atomic E-state index is 11.7. The zero-order valence-corrected chi connectivity index (χ0v) is 9.29. The summed E-state index contributed by atoms with van der Waals surface area (Å²) in [6.45, 7) is 3.90. The zero-order chi connectivity index (χ0) is 10.8. The summed E-state index contributed by atoms with van der Waals surface area (Å²) in [7, 11) is 0. The first-order valence-corrected chi connectivity index (χ1v) is 5.52. The van der Waals surface area contributed by atoms with Gasteiger partial charge in [0.15, 0.2) is 0 Å². The third-order valence-corrected chi connectivity index (χ3v) is 2.87. The van der Waals surface area contributed by atoms with Crippen LogP contribution in [0.1, 0.15) is 48.8 Å². The second kappa shape index (κ2) is 4.09. The Kier molecular flexibility index (Phi) is 2.80. The second-order valence-electron chi connectivity index (χ2n) is 4.27. The van der Waals surface area contributed by atoms with Crippen LogP contribution < -0.4 is 0 Å². The molecular weight excluding hydrogens is 188 g/mol. The van der Waals surface area contributed by atoms with E-state index in [2.05, 4.69) is 9.97 Å². The van der Waals surface area contributed by atoms with Gasteiger partial charge in [0.05, 0.1) is 5.92 Å². The van der Waals surface area contributed by atoms with E-state index in [0.29, 0.717) is 12.2 Å². The lowest BCUT2D eigenvalue weighted by Gasteiger charge is -2.19. The van der Waals surface area contributed by atoms with Gasteiger partial charge in [-0.15, -0.1) is 0 Å². The van der Waals surface area contributed by atoms with Crippen molar-refractivity contribution in [2.24, 2.45) is 0 Å². The van der Waals surface area contributed by atoms with Crippen LogP contribution in [0.5, 0.6) is 0 Å². The Labute approximate surface area is 89.9 Å². The van der Waals surface area contributed by atoms with Crippen molar-refractivity contribution in [3.05, 3.63) is 23.3 Å². The van der Waals surface area contributed by atoms with E-state index in [1.165, 1.54) is 0 Å². The first-order chi connectivity index (χ1) is 7.16. The molecule has 0 amide bonds. The summed E-state index contributed by atoms with van der Waals surface area (Å²) in [5, 5.41) is 0. The molecule has 1 aromatic rings.